The molecule has 0 radical (unpaired) electrons. The van der Waals surface area contributed by atoms with Gasteiger partial charge >= 0.3 is 0 Å². The van der Waals surface area contributed by atoms with Crippen LogP contribution >= 0.6 is 24.0 Å². The predicted molar refractivity (Wildman–Crippen MR) is 78.3 cm³/mol. The van der Waals surface area contributed by atoms with Gasteiger partial charge < -0.3 is 9.90 Å². The van der Waals surface area contributed by atoms with Crippen LogP contribution in [-0.4, -0.2) is 32.1 Å². The van der Waals surface area contributed by atoms with Crippen molar-refractivity contribution in [3.05, 3.63) is 35.0 Å². The molecule has 0 saturated carbocycles. The molecule has 0 spiro atoms. The summed E-state index contributed by atoms with van der Waals surface area (Å²) in [7, 11) is 0. The second-order valence-corrected chi connectivity index (χ2v) is 5.76. The topological polar surface area (TPSA) is 73.3 Å². The first-order valence-electron chi connectivity index (χ1n) is 5.92. The third-order valence-corrected chi connectivity index (χ3v) is 4.11. The monoisotopic (exact) mass is 307 g/mol. The van der Waals surface area contributed by atoms with E-state index in [1.54, 1.807) is 37.5 Å². The quantitative estimate of drug-likeness (QED) is 0.605. The molecule has 2 heterocycles. The summed E-state index contributed by atoms with van der Waals surface area (Å²) < 4.78 is 0.237. The maximum absolute atomic E-state index is 12.3. The Kier molecular flexibility index (Phi) is 4.51. The number of carbonyl (C=O) groups is 2. The highest BCUT2D eigenvalue weighted by Crippen LogP contribution is 2.34. The summed E-state index contributed by atoms with van der Waals surface area (Å²) in [5, 5.41) is 11.1. The zero-order valence-electron chi connectivity index (χ0n) is 10.6. The molecule has 0 N–H and O–H groups in total. The van der Waals surface area contributed by atoms with E-state index in [9.17, 15) is 14.7 Å². The largest absolute Gasteiger partial charge is 0.548 e. The van der Waals surface area contributed by atoms with Crippen molar-refractivity contribution in [2.75, 3.05) is 0 Å². The molecule has 20 heavy (non-hydrogen) atoms. The van der Waals surface area contributed by atoms with E-state index in [0.29, 0.717) is 4.91 Å². The van der Waals surface area contributed by atoms with Gasteiger partial charge in [0, 0.05) is 12.4 Å². The van der Waals surface area contributed by atoms with Crippen molar-refractivity contribution in [2.24, 2.45) is 0 Å². The van der Waals surface area contributed by atoms with Crippen LogP contribution in [0.2, 0.25) is 0 Å². The van der Waals surface area contributed by atoms with Crippen molar-refractivity contribution in [1.29, 1.82) is 0 Å². The van der Waals surface area contributed by atoms with Gasteiger partial charge in [-0.2, -0.15) is 0 Å². The lowest BCUT2D eigenvalue weighted by Crippen LogP contribution is -2.49. The number of carboxylic acids is 1. The summed E-state index contributed by atoms with van der Waals surface area (Å²) in [6.07, 6.45) is 5.14. The molecule has 1 aromatic heterocycles. The van der Waals surface area contributed by atoms with E-state index < -0.39 is 17.9 Å². The van der Waals surface area contributed by atoms with E-state index in [1.807, 2.05) is 0 Å². The minimum atomic E-state index is -1.30. The van der Waals surface area contributed by atoms with E-state index in [2.05, 4.69) is 4.98 Å². The molecule has 2 rings (SSSR count). The van der Waals surface area contributed by atoms with Crippen molar-refractivity contribution in [2.45, 2.75) is 19.4 Å². The minimum absolute atomic E-state index is 0.237. The van der Waals surface area contributed by atoms with Gasteiger partial charge in [0.1, 0.15) is 4.32 Å². The van der Waals surface area contributed by atoms with Crippen LogP contribution in [0.3, 0.4) is 0 Å². The van der Waals surface area contributed by atoms with Crippen molar-refractivity contribution in [3.63, 3.8) is 0 Å². The number of hydrogen-bond acceptors (Lipinski definition) is 6. The predicted octanol–water partition coefficient (Wildman–Crippen LogP) is 0.811. The van der Waals surface area contributed by atoms with Crippen molar-refractivity contribution in [1.82, 2.24) is 9.88 Å². The van der Waals surface area contributed by atoms with Crippen molar-refractivity contribution >= 4 is 46.3 Å². The maximum atomic E-state index is 12.3. The van der Waals surface area contributed by atoms with Crippen molar-refractivity contribution < 1.29 is 14.7 Å². The zero-order chi connectivity index (χ0) is 14.7. The fraction of sp³-hybridized carbons (Fsp3) is 0.231. The Labute approximate surface area is 125 Å². The van der Waals surface area contributed by atoms with Crippen LogP contribution < -0.4 is 5.11 Å². The van der Waals surface area contributed by atoms with Gasteiger partial charge in [-0.3, -0.25) is 14.7 Å². The summed E-state index contributed by atoms with van der Waals surface area (Å²) >= 11 is 6.18. The minimum Gasteiger partial charge on any atom is -0.548 e. The molecule has 0 aliphatic carbocycles. The zero-order valence-corrected chi connectivity index (χ0v) is 12.2. The number of thiocarbonyl (C=S) groups is 1. The Morgan fingerprint density at radius 2 is 2.40 bits per heavy atom. The van der Waals surface area contributed by atoms with E-state index in [4.69, 9.17) is 12.2 Å². The Hall–Kier alpha value is -1.73. The number of nitrogens with zero attached hydrogens (tertiary/aromatic N) is 2. The molecule has 1 aliphatic heterocycles. The lowest BCUT2D eigenvalue weighted by Gasteiger charge is -2.26. The van der Waals surface area contributed by atoms with Crippen LogP contribution in [0, 0.1) is 0 Å². The van der Waals surface area contributed by atoms with E-state index in [0.717, 1.165) is 22.2 Å². The fourth-order valence-electron chi connectivity index (χ4n) is 1.82. The number of aromatic nitrogens is 1. The smallest absolute Gasteiger partial charge is 0.266 e. The van der Waals surface area contributed by atoms with E-state index in [1.165, 1.54) is 0 Å². The number of hydrogen-bond donors (Lipinski definition) is 0. The van der Waals surface area contributed by atoms with Crippen molar-refractivity contribution in [3.8, 4) is 0 Å². The van der Waals surface area contributed by atoms with Gasteiger partial charge in [-0.25, -0.2) is 0 Å². The highest BCUT2D eigenvalue weighted by molar-refractivity contribution is 8.26. The van der Waals surface area contributed by atoms with Gasteiger partial charge in [-0.1, -0.05) is 37.0 Å². The molecule has 7 heteroatoms. The average molecular weight is 307 g/mol. The highest BCUT2D eigenvalue weighted by atomic mass is 32.2. The molecular weight excluding hydrogens is 296 g/mol. The molecule has 0 aromatic carbocycles. The molecular formula is C13H11N2O3S2-. The molecule has 1 aromatic rings. The normalized spacial score (nSPS) is 18.6. The van der Waals surface area contributed by atoms with E-state index >= 15 is 0 Å². The summed E-state index contributed by atoms with van der Waals surface area (Å²) in [5.41, 5.74) is 0.759. The Morgan fingerprint density at radius 1 is 1.65 bits per heavy atom. The van der Waals surface area contributed by atoms with Crippen LogP contribution in [0.5, 0.6) is 0 Å². The first-order chi connectivity index (χ1) is 9.54. The van der Waals surface area contributed by atoms with Crippen LogP contribution in [0.25, 0.3) is 6.08 Å². The molecule has 1 fully saturated rings. The Balaban J connectivity index is 2.29. The van der Waals surface area contributed by atoms with Crippen LogP contribution in [0.15, 0.2) is 29.4 Å². The molecule has 1 unspecified atom stereocenters. The first-order valence-corrected chi connectivity index (χ1v) is 7.15. The van der Waals surface area contributed by atoms with Gasteiger partial charge in [0.15, 0.2) is 0 Å². The fourth-order valence-corrected chi connectivity index (χ4v) is 3.17. The van der Waals surface area contributed by atoms with Gasteiger partial charge in [0.2, 0.25) is 0 Å². The lowest BCUT2D eigenvalue weighted by molar-refractivity contribution is -0.310. The number of thioether (sulfide) groups is 1. The molecule has 0 bridgehead atoms. The summed E-state index contributed by atoms with van der Waals surface area (Å²) in [6, 6.07) is 2.53. The summed E-state index contributed by atoms with van der Waals surface area (Å²) in [4.78, 5) is 28.8. The second-order valence-electron chi connectivity index (χ2n) is 4.08. The molecule has 5 nitrogen and oxygen atoms in total. The number of amides is 1. The molecule has 1 aliphatic rings. The number of aliphatic carboxylic acids is 1. The number of carbonyl (C=O) groups excluding carboxylic acids is 2. The maximum Gasteiger partial charge on any atom is 0.266 e. The third-order valence-electron chi connectivity index (χ3n) is 2.78. The van der Waals surface area contributed by atoms with Crippen LogP contribution in [-0.2, 0) is 9.59 Å². The highest BCUT2D eigenvalue weighted by Gasteiger charge is 2.36. The van der Waals surface area contributed by atoms with Crippen LogP contribution in [0.1, 0.15) is 18.9 Å². The summed E-state index contributed by atoms with van der Waals surface area (Å²) in [6.45, 7) is 1.67. The molecule has 1 saturated heterocycles. The van der Waals surface area contributed by atoms with E-state index in [-0.39, 0.29) is 10.7 Å². The number of carboxylic acid groups (broad SMARTS) is 1. The Morgan fingerprint density at radius 3 is 2.95 bits per heavy atom. The third kappa shape index (κ3) is 2.88. The molecule has 1 atom stereocenters. The van der Waals surface area contributed by atoms with Gasteiger partial charge in [0.25, 0.3) is 5.91 Å². The number of rotatable bonds is 4. The standard InChI is InChI=1S/C13H12N2O3S2/c1-2-9(12(17)18)15-11(16)10(20-13(15)19)6-8-4-3-5-14-7-8/h3-7,9H,2H2,1H3,(H,17,18)/p-1. The number of pyridine rings is 1. The van der Waals surface area contributed by atoms with Gasteiger partial charge in [0.05, 0.1) is 16.9 Å². The molecule has 104 valence electrons. The average Bonchev–Trinajstić information content (AvgIpc) is 2.68. The van der Waals surface area contributed by atoms with Gasteiger partial charge in [-0.05, 0) is 24.1 Å². The summed E-state index contributed by atoms with van der Waals surface area (Å²) in [5.74, 6) is -1.70. The second kappa shape index (κ2) is 6.15. The van der Waals surface area contributed by atoms with Gasteiger partial charge in [-0.15, -0.1) is 0 Å². The SMILES string of the molecule is CCC(C(=O)[O-])N1C(=O)C(=Cc2cccnc2)SC1=S. The lowest BCUT2D eigenvalue weighted by atomic mass is 10.2. The Bertz CT molecular complexity index is 587. The van der Waals surface area contributed by atoms with Crippen LogP contribution in [0.4, 0.5) is 0 Å². The molecule has 1 amide bonds. The first kappa shape index (κ1) is 14.7.